The highest BCUT2D eigenvalue weighted by atomic mass is 31.2. The molecule has 8 nitrogen and oxygen atoms in total. The zero-order valence-electron chi connectivity index (χ0n) is 56.1. The molecule has 0 heterocycles. The molecule has 3 N–H and O–H groups in total. The molecule has 0 radical (unpaired) electrons. The molecule has 3 atom stereocenters. The molecular formula is C76H136N2O6P+. The number of hydrogen-bond donors (Lipinski definition) is 3. The van der Waals surface area contributed by atoms with Crippen molar-refractivity contribution in [1.29, 1.82) is 0 Å². The van der Waals surface area contributed by atoms with Crippen molar-refractivity contribution in [1.82, 2.24) is 5.32 Å². The average molecular weight is 1200 g/mol. The van der Waals surface area contributed by atoms with Crippen molar-refractivity contribution in [2.24, 2.45) is 0 Å². The minimum absolute atomic E-state index is 0.0486. The summed E-state index contributed by atoms with van der Waals surface area (Å²) < 4.78 is 23.8. The van der Waals surface area contributed by atoms with Gasteiger partial charge < -0.3 is 19.8 Å². The van der Waals surface area contributed by atoms with Gasteiger partial charge in [-0.15, -0.1) is 0 Å². The second kappa shape index (κ2) is 65.3. The number of unbranched alkanes of at least 4 members (excludes halogenated alkanes) is 33. The molecule has 0 aromatic rings. The summed E-state index contributed by atoms with van der Waals surface area (Å²) in [5, 5.41) is 14.0. The molecule has 0 rings (SSSR count). The molecule has 0 saturated carbocycles. The SMILES string of the molecule is CC/C=C\C/C=C\C/C=C\C/C=C\C/C=C\C/C=C\C/C=C\CCCCCCCCCCCCCCCC(=O)NC(COP(=O)(O)OCC[N+](C)(C)C)C(O)/C=C/CC/C=C/CC/C=C/CCCCCCCCCCCCCCCCCCCC. The number of allylic oxidation sites excluding steroid dienone is 19. The van der Waals surface area contributed by atoms with Crippen LogP contribution >= 0.6 is 7.82 Å². The van der Waals surface area contributed by atoms with Crippen LogP contribution in [0.3, 0.4) is 0 Å². The predicted molar refractivity (Wildman–Crippen MR) is 373 cm³/mol. The van der Waals surface area contributed by atoms with E-state index in [0.29, 0.717) is 17.4 Å². The van der Waals surface area contributed by atoms with Crippen molar-refractivity contribution in [3.63, 3.8) is 0 Å². The third kappa shape index (κ3) is 68.3. The molecule has 0 aliphatic rings. The van der Waals surface area contributed by atoms with Gasteiger partial charge in [-0.25, -0.2) is 4.57 Å². The van der Waals surface area contributed by atoms with Crippen LogP contribution in [0.1, 0.15) is 303 Å². The minimum atomic E-state index is -4.37. The number of nitrogens with one attached hydrogen (secondary N) is 1. The first kappa shape index (κ1) is 81.9. The van der Waals surface area contributed by atoms with Gasteiger partial charge in [0.05, 0.1) is 39.9 Å². The predicted octanol–water partition coefficient (Wildman–Crippen LogP) is 22.8. The summed E-state index contributed by atoms with van der Waals surface area (Å²) in [6, 6.07) is -0.880. The third-order valence-corrected chi connectivity index (χ3v) is 16.4. The molecule has 0 aliphatic carbocycles. The Morgan fingerprint density at radius 2 is 0.718 bits per heavy atom. The number of aliphatic hydroxyl groups excluding tert-OH is 1. The number of rotatable bonds is 64. The Balaban J connectivity index is 4.15. The van der Waals surface area contributed by atoms with E-state index in [-0.39, 0.29) is 19.1 Å². The lowest BCUT2D eigenvalue weighted by atomic mass is 10.0. The van der Waals surface area contributed by atoms with Crippen molar-refractivity contribution in [3.05, 3.63) is 122 Å². The van der Waals surface area contributed by atoms with E-state index in [1.54, 1.807) is 6.08 Å². The van der Waals surface area contributed by atoms with Crippen LogP contribution < -0.4 is 5.32 Å². The van der Waals surface area contributed by atoms with Gasteiger partial charge in [0.1, 0.15) is 13.2 Å². The molecule has 0 spiro atoms. The van der Waals surface area contributed by atoms with E-state index in [1.807, 2.05) is 27.2 Å². The summed E-state index contributed by atoms with van der Waals surface area (Å²) in [6.45, 7) is 4.69. The molecule has 0 aliphatic heterocycles. The molecule has 490 valence electrons. The van der Waals surface area contributed by atoms with Crippen LogP contribution in [0.15, 0.2) is 122 Å². The second-order valence-electron chi connectivity index (χ2n) is 24.9. The lowest BCUT2D eigenvalue weighted by Crippen LogP contribution is -2.45. The Bertz CT molecular complexity index is 1800. The fraction of sp³-hybridized carbons (Fsp3) is 0.724. The zero-order chi connectivity index (χ0) is 61.9. The minimum Gasteiger partial charge on any atom is -0.387 e. The Labute approximate surface area is 526 Å². The van der Waals surface area contributed by atoms with Crippen LogP contribution in [-0.2, 0) is 18.4 Å². The fourth-order valence-electron chi connectivity index (χ4n) is 9.94. The molecule has 1 amide bonds. The van der Waals surface area contributed by atoms with E-state index < -0.39 is 20.0 Å². The van der Waals surface area contributed by atoms with Crippen molar-refractivity contribution in [3.8, 4) is 0 Å². The molecule has 0 aromatic carbocycles. The largest absolute Gasteiger partial charge is 0.472 e. The van der Waals surface area contributed by atoms with Crippen molar-refractivity contribution in [2.75, 3.05) is 40.9 Å². The normalized spacial score (nSPS) is 14.4. The van der Waals surface area contributed by atoms with E-state index in [0.717, 1.165) is 89.9 Å². The number of carbonyl (C=O) groups excluding carboxylic acids is 1. The smallest absolute Gasteiger partial charge is 0.387 e. The van der Waals surface area contributed by atoms with Gasteiger partial charge >= 0.3 is 7.82 Å². The molecule has 9 heteroatoms. The lowest BCUT2D eigenvalue weighted by Gasteiger charge is -2.25. The maximum absolute atomic E-state index is 13.1. The maximum atomic E-state index is 13.1. The van der Waals surface area contributed by atoms with Gasteiger partial charge in [0.25, 0.3) is 0 Å². The number of amides is 1. The number of aliphatic hydroxyl groups is 1. The average Bonchev–Trinajstić information content (AvgIpc) is 3.48. The maximum Gasteiger partial charge on any atom is 0.472 e. The number of phosphoric ester groups is 1. The quantitative estimate of drug-likeness (QED) is 0.0243. The zero-order valence-corrected chi connectivity index (χ0v) is 57.0. The Morgan fingerprint density at radius 3 is 1.08 bits per heavy atom. The van der Waals surface area contributed by atoms with E-state index in [1.165, 1.54) is 193 Å². The fourth-order valence-corrected chi connectivity index (χ4v) is 10.7. The monoisotopic (exact) mass is 1200 g/mol. The number of nitrogens with zero attached hydrogens (tertiary/aromatic N) is 1. The first-order valence-electron chi connectivity index (χ1n) is 35.4. The first-order valence-corrected chi connectivity index (χ1v) is 36.9. The van der Waals surface area contributed by atoms with Crippen molar-refractivity contribution >= 4 is 13.7 Å². The topological polar surface area (TPSA) is 105 Å². The summed E-state index contributed by atoms with van der Waals surface area (Å²) in [6.07, 6.45) is 97.8. The van der Waals surface area contributed by atoms with E-state index >= 15 is 0 Å². The highest BCUT2D eigenvalue weighted by molar-refractivity contribution is 7.47. The first-order chi connectivity index (χ1) is 41.5. The highest BCUT2D eigenvalue weighted by Gasteiger charge is 2.28. The van der Waals surface area contributed by atoms with Crippen LogP contribution in [-0.4, -0.2) is 73.4 Å². The summed E-state index contributed by atoms with van der Waals surface area (Å²) in [4.78, 5) is 23.4. The summed E-state index contributed by atoms with van der Waals surface area (Å²) in [5.74, 6) is -0.194. The molecule has 0 saturated heterocycles. The molecule has 0 aromatic heterocycles. The van der Waals surface area contributed by atoms with Crippen LogP contribution in [0, 0.1) is 0 Å². The summed E-state index contributed by atoms with van der Waals surface area (Å²) in [5.41, 5.74) is 0. The molecule has 3 unspecified atom stereocenters. The van der Waals surface area contributed by atoms with E-state index in [2.05, 4.69) is 129 Å². The standard InChI is InChI=1S/C76H135N2O6P/c1-6-8-10-12-14-16-18-20-22-24-26-28-30-32-34-36-37-38-39-40-41-42-44-46-48-50-52-54-56-58-60-62-64-66-68-70-76(80)77-74(73-84-85(81,82)83-72-71-78(3,4)5)75(79)69-67-65-63-61-59-57-55-53-51-49-47-45-43-35-33-31-29-27-25-23-21-19-17-15-13-11-9-7-2/h8,10,14,16,20,22,26,28,32,34,37-38,40-41,51,53,59,61,67,69,74-75,79H,6-7,9,11-13,15,17-19,21,23-25,27,29-31,33,35-36,39,42-50,52,54-58,60,62-66,68,70-73H2,1-5H3,(H-,77,80,81,82)/p+1/b10-8-,16-14-,22-20-,28-26-,34-32-,38-37-,41-40-,53-51+,61-59+,69-67+. The van der Waals surface area contributed by atoms with Crippen molar-refractivity contribution < 1.29 is 32.9 Å². The number of carbonyl (C=O) groups is 1. The number of hydrogen-bond acceptors (Lipinski definition) is 5. The number of likely N-dealkylation sites (N-methyl/N-ethyl adjacent to an activating group) is 1. The van der Waals surface area contributed by atoms with Gasteiger partial charge in [-0.3, -0.25) is 13.8 Å². The number of phosphoric acid groups is 1. The lowest BCUT2D eigenvalue weighted by molar-refractivity contribution is -0.870. The van der Waals surface area contributed by atoms with Gasteiger partial charge in [-0.2, -0.15) is 0 Å². The molecule has 0 bridgehead atoms. The Hall–Kier alpha value is -3.10. The molecule has 85 heavy (non-hydrogen) atoms. The highest BCUT2D eigenvalue weighted by Crippen LogP contribution is 2.43. The van der Waals surface area contributed by atoms with Crippen LogP contribution in [0.5, 0.6) is 0 Å². The van der Waals surface area contributed by atoms with Crippen molar-refractivity contribution in [2.45, 2.75) is 315 Å². The van der Waals surface area contributed by atoms with Crippen LogP contribution in [0.4, 0.5) is 0 Å². The number of quaternary nitrogens is 1. The van der Waals surface area contributed by atoms with E-state index in [4.69, 9.17) is 9.05 Å². The Kier molecular flexibility index (Phi) is 63.0. The van der Waals surface area contributed by atoms with Crippen LogP contribution in [0.25, 0.3) is 0 Å². The molecular weight excluding hydrogens is 1070 g/mol. The van der Waals surface area contributed by atoms with Gasteiger partial charge in [-0.1, -0.05) is 315 Å². The second-order valence-corrected chi connectivity index (χ2v) is 26.3. The van der Waals surface area contributed by atoms with Crippen LogP contribution in [0.2, 0.25) is 0 Å². The summed E-state index contributed by atoms with van der Waals surface area (Å²) >= 11 is 0. The Morgan fingerprint density at radius 1 is 0.412 bits per heavy atom. The molecule has 0 fully saturated rings. The van der Waals surface area contributed by atoms with Gasteiger partial charge in [0, 0.05) is 6.42 Å². The van der Waals surface area contributed by atoms with Gasteiger partial charge in [0.2, 0.25) is 5.91 Å². The van der Waals surface area contributed by atoms with E-state index in [9.17, 15) is 19.4 Å². The summed E-state index contributed by atoms with van der Waals surface area (Å²) in [7, 11) is 1.54. The third-order valence-electron chi connectivity index (χ3n) is 15.4. The van der Waals surface area contributed by atoms with Gasteiger partial charge in [0.15, 0.2) is 0 Å². The van der Waals surface area contributed by atoms with Gasteiger partial charge in [-0.05, 0) is 103 Å².